The molecule has 1 atom stereocenters. The van der Waals surface area contributed by atoms with E-state index in [0.717, 1.165) is 54.5 Å². The fraction of sp³-hybridized carbons (Fsp3) is 0.346. The van der Waals surface area contributed by atoms with Crippen LogP contribution >= 0.6 is 0 Å². The third-order valence-electron chi connectivity index (χ3n) is 6.47. The van der Waals surface area contributed by atoms with Gasteiger partial charge in [-0.25, -0.2) is 14.5 Å². The van der Waals surface area contributed by atoms with Gasteiger partial charge in [0.25, 0.3) is 0 Å². The molecule has 0 aliphatic carbocycles. The average Bonchev–Trinajstić information content (AvgIpc) is 3.34. The predicted octanol–water partition coefficient (Wildman–Crippen LogP) is 3.08. The van der Waals surface area contributed by atoms with Crippen molar-refractivity contribution in [1.29, 1.82) is 0 Å². The van der Waals surface area contributed by atoms with E-state index in [2.05, 4.69) is 26.0 Å². The molecule has 1 fully saturated rings. The van der Waals surface area contributed by atoms with E-state index in [1.807, 2.05) is 41.2 Å². The molecule has 0 saturated carbocycles. The lowest BCUT2D eigenvalue weighted by molar-refractivity contribution is 0.0867. The van der Waals surface area contributed by atoms with Crippen LogP contribution in [0, 0.1) is 0 Å². The molecule has 2 aliphatic rings. The Hall–Kier alpha value is -4.05. The third kappa shape index (κ3) is 4.24. The number of benzene rings is 1. The number of nitrogens with zero attached hydrogens (tertiary/aromatic N) is 5. The van der Waals surface area contributed by atoms with Gasteiger partial charge in [-0.15, -0.1) is 0 Å². The topological polar surface area (TPSA) is 92.5 Å². The van der Waals surface area contributed by atoms with Crippen molar-refractivity contribution >= 4 is 11.3 Å². The first kappa shape index (κ1) is 22.4. The molecule has 1 saturated heterocycles. The number of hydrogen-bond acceptors (Lipinski definition) is 9. The lowest BCUT2D eigenvalue weighted by atomic mass is 10.1. The van der Waals surface area contributed by atoms with Crippen LogP contribution in [0.5, 0.6) is 23.1 Å². The van der Waals surface area contributed by atoms with Gasteiger partial charge in [0.1, 0.15) is 6.61 Å². The summed E-state index contributed by atoms with van der Waals surface area (Å²) in [7, 11) is 3.22. The summed E-state index contributed by atoms with van der Waals surface area (Å²) in [5.41, 5.74) is 4.76. The molecule has 0 radical (unpaired) electrons. The smallest absolute Gasteiger partial charge is 0.212 e. The molecule has 1 unspecified atom stereocenters. The molecule has 10 heteroatoms. The van der Waals surface area contributed by atoms with Crippen molar-refractivity contribution in [3.05, 3.63) is 65.7 Å². The summed E-state index contributed by atoms with van der Waals surface area (Å²) < 4.78 is 30.5. The lowest BCUT2D eigenvalue weighted by Crippen LogP contribution is -2.36. The third-order valence-corrected chi connectivity index (χ3v) is 6.47. The maximum Gasteiger partial charge on any atom is 0.212 e. The number of aromatic nitrogens is 4. The van der Waals surface area contributed by atoms with E-state index in [1.54, 1.807) is 20.4 Å². The lowest BCUT2D eigenvalue weighted by Gasteiger charge is -2.28. The second-order valence-electron chi connectivity index (χ2n) is 8.69. The zero-order valence-corrected chi connectivity index (χ0v) is 20.2. The Labute approximate surface area is 208 Å². The Bertz CT molecular complexity index is 1350. The molecule has 10 nitrogen and oxygen atoms in total. The minimum atomic E-state index is -0.292. The van der Waals surface area contributed by atoms with Gasteiger partial charge < -0.3 is 28.6 Å². The number of methoxy groups -OCH3 is 2. The Kier molecular flexibility index (Phi) is 5.94. The van der Waals surface area contributed by atoms with Gasteiger partial charge in [-0.3, -0.25) is 0 Å². The minimum Gasteiger partial charge on any atom is -0.493 e. The van der Waals surface area contributed by atoms with Crippen LogP contribution < -0.4 is 23.8 Å². The van der Waals surface area contributed by atoms with Crippen LogP contribution in [0.3, 0.4) is 0 Å². The van der Waals surface area contributed by atoms with E-state index < -0.39 is 0 Å². The molecule has 186 valence electrons. The van der Waals surface area contributed by atoms with Gasteiger partial charge in [-0.2, -0.15) is 5.10 Å². The van der Waals surface area contributed by atoms with E-state index in [0.29, 0.717) is 36.2 Å². The summed E-state index contributed by atoms with van der Waals surface area (Å²) in [6, 6.07) is 9.76. The standard InChI is InChI=1S/C26H27N5O5/c1-32-21-10-17(11-22-26(21)36-23(16-35-22)18-3-4-25(33-2)28-13-18)9-20-14-27-24-12-19(15-29-31(20)24)30-5-7-34-8-6-30/h3-4,10-15,23H,5-9,16H2,1-2H3. The summed E-state index contributed by atoms with van der Waals surface area (Å²) in [5, 5.41) is 4.67. The van der Waals surface area contributed by atoms with Crippen molar-refractivity contribution in [3.8, 4) is 23.1 Å². The van der Waals surface area contributed by atoms with Gasteiger partial charge in [0, 0.05) is 43.4 Å². The highest BCUT2D eigenvalue weighted by Gasteiger charge is 2.27. The Morgan fingerprint density at radius 2 is 1.89 bits per heavy atom. The van der Waals surface area contributed by atoms with E-state index in [-0.39, 0.29) is 6.10 Å². The van der Waals surface area contributed by atoms with Crippen LogP contribution in [0.4, 0.5) is 5.69 Å². The molecule has 6 rings (SSSR count). The number of ether oxygens (including phenoxy) is 5. The van der Waals surface area contributed by atoms with Gasteiger partial charge in [0.15, 0.2) is 23.3 Å². The number of imidazole rings is 1. The van der Waals surface area contributed by atoms with E-state index in [4.69, 9.17) is 23.7 Å². The number of pyridine rings is 1. The zero-order chi connectivity index (χ0) is 24.5. The molecular weight excluding hydrogens is 462 g/mol. The van der Waals surface area contributed by atoms with Gasteiger partial charge in [0.05, 0.1) is 51.2 Å². The summed E-state index contributed by atoms with van der Waals surface area (Å²) in [6.07, 6.45) is 5.81. The van der Waals surface area contributed by atoms with Crippen molar-refractivity contribution in [2.75, 3.05) is 52.0 Å². The largest absolute Gasteiger partial charge is 0.493 e. The summed E-state index contributed by atoms with van der Waals surface area (Å²) in [6.45, 7) is 3.55. The van der Waals surface area contributed by atoms with Crippen LogP contribution in [0.2, 0.25) is 0 Å². The first-order valence-corrected chi connectivity index (χ1v) is 11.9. The van der Waals surface area contributed by atoms with Crippen molar-refractivity contribution in [1.82, 2.24) is 19.6 Å². The number of anilines is 1. The van der Waals surface area contributed by atoms with Crippen molar-refractivity contribution in [2.24, 2.45) is 0 Å². The molecule has 4 aromatic rings. The van der Waals surface area contributed by atoms with Gasteiger partial charge >= 0.3 is 0 Å². The minimum absolute atomic E-state index is 0.292. The number of hydrogen-bond donors (Lipinski definition) is 0. The summed E-state index contributed by atoms with van der Waals surface area (Å²) >= 11 is 0. The maximum atomic E-state index is 6.27. The van der Waals surface area contributed by atoms with Crippen LogP contribution in [-0.2, 0) is 11.2 Å². The first-order chi connectivity index (χ1) is 17.7. The summed E-state index contributed by atoms with van der Waals surface area (Å²) in [4.78, 5) is 11.1. The Morgan fingerprint density at radius 1 is 1.00 bits per heavy atom. The molecule has 1 aromatic carbocycles. The Balaban J connectivity index is 1.23. The quantitative estimate of drug-likeness (QED) is 0.405. The van der Waals surface area contributed by atoms with Gasteiger partial charge in [-0.1, -0.05) is 0 Å². The number of morpholine rings is 1. The molecule has 0 bridgehead atoms. The maximum absolute atomic E-state index is 6.27. The number of fused-ring (bicyclic) bond motifs is 2. The van der Waals surface area contributed by atoms with E-state index in [1.165, 1.54) is 0 Å². The van der Waals surface area contributed by atoms with Crippen LogP contribution in [-0.4, -0.2) is 66.7 Å². The molecule has 0 N–H and O–H groups in total. The van der Waals surface area contributed by atoms with E-state index in [9.17, 15) is 0 Å². The highest BCUT2D eigenvalue weighted by atomic mass is 16.6. The normalized spacial score (nSPS) is 17.3. The fourth-order valence-corrected chi connectivity index (χ4v) is 4.56. The Morgan fingerprint density at radius 3 is 2.67 bits per heavy atom. The molecule has 36 heavy (non-hydrogen) atoms. The molecule has 2 aliphatic heterocycles. The fourth-order valence-electron chi connectivity index (χ4n) is 4.56. The second kappa shape index (κ2) is 9.54. The van der Waals surface area contributed by atoms with Crippen LogP contribution in [0.15, 0.2) is 48.9 Å². The second-order valence-corrected chi connectivity index (χ2v) is 8.69. The summed E-state index contributed by atoms with van der Waals surface area (Å²) in [5.74, 6) is 2.40. The highest BCUT2D eigenvalue weighted by Crippen LogP contribution is 2.44. The molecule has 3 aromatic heterocycles. The molecular formula is C26H27N5O5. The van der Waals surface area contributed by atoms with Crippen molar-refractivity contribution in [2.45, 2.75) is 12.5 Å². The molecule has 0 amide bonds. The van der Waals surface area contributed by atoms with Crippen LogP contribution in [0.25, 0.3) is 5.65 Å². The SMILES string of the molecule is COc1ccc(C2COc3cc(Cc4cnc5cc(N6CCOCC6)cnn45)cc(OC)c3O2)cn1. The van der Waals surface area contributed by atoms with Crippen LogP contribution in [0.1, 0.15) is 22.9 Å². The number of rotatable bonds is 6. The molecule has 5 heterocycles. The van der Waals surface area contributed by atoms with E-state index >= 15 is 0 Å². The average molecular weight is 490 g/mol. The van der Waals surface area contributed by atoms with Gasteiger partial charge in [0.2, 0.25) is 11.6 Å². The molecule has 0 spiro atoms. The predicted molar refractivity (Wildman–Crippen MR) is 131 cm³/mol. The monoisotopic (exact) mass is 489 g/mol. The first-order valence-electron chi connectivity index (χ1n) is 11.9. The van der Waals surface area contributed by atoms with Crippen molar-refractivity contribution in [3.63, 3.8) is 0 Å². The van der Waals surface area contributed by atoms with Gasteiger partial charge in [-0.05, 0) is 23.8 Å². The van der Waals surface area contributed by atoms with Crippen molar-refractivity contribution < 1.29 is 23.7 Å². The highest BCUT2D eigenvalue weighted by molar-refractivity contribution is 5.57. The zero-order valence-electron chi connectivity index (χ0n) is 20.2.